The van der Waals surface area contributed by atoms with Gasteiger partial charge in [-0.05, 0) is 41.1 Å². The van der Waals surface area contributed by atoms with Gasteiger partial charge in [0.05, 0.1) is 25.2 Å². The van der Waals surface area contributed by atoms with E-state index in [1.165, 1.54) is 12.0 Å². The Morgan fingerprint density at radius 2 is 1.82 bits per heavy atom. The first-order chi connectivity index (χ1) is 13.6. The summed E-state index contributed by atoms with van der Waals surface area (Å²) >= 11 is 0.923. The number of hydrogen-bond acceptors (Lipinski definition) is 6. The SMILES string of the molecule is COCCN1C(=O)S/C(=C/c2ccc(OCc3ccccc3)c(OC)c2)C1=O. The smallest absolute Gasteiger partial charge is 0.293 e. The summed E-state index contributed by atoms with van der Waals surface area (Å²) in [6.45, 7) is 0.982. The van der Waals surface area contributed by atoms with Crippen molar-refractivity contribution in [3.8, 4) is 11.5 Å². The third-order valence-electron chi connectivity index (χ3n) is 4.12. The number of carbonyl (C=O) groups is 2. The molecule has 3 rings (SSSR count). The average Bonchev–Trinajstić information content (AvgIpc) is 2.98. The van der Waals surface area contributed by atoms with Gasteiger partial charge in [-0.2, -0.15) is 0 Å². The predicted octanol–water partition coefficient (Wildman–Crippen LogP) is 3.96. The topological polar surface area (TPSA) is 65.1 Å². The Hall–Kier alpha value is -2.77. The van der Waals surface area contributed by atoms with Crippen molar-refractivity contribution in [1.82, 2.24) is 4.90 Å². The molecule has 0 atom stereocenters. The lowest BCUT2D eigenvalue weighted by atomic mass is 10.1. The van der Waals surface area contributed by atoms with Gasteiger partial charge in [0.15, 0.2) is 11.5 Å². The van der Waals surface area contributed by atoms with Crippen LogP contribution in [0.1, 0.15) is 11.1 Å². The molecule has 0 aliphatic carbocycles. The molecule has 2 amide bonds. The largest absolute Gasteiger partial charge is 0.493 e. The zero-order chi connectivity index (χ0) is 19.9. The van der Waals surface area contributed by atoms with Crippen molar-refractivity contribution in [2.24, 2.45) is 0 Å². The third kappa shape index (κ3) is 4.74. The lowest BCUT2D eigenvalue weighted by molar-refractivity contribution is -0.123. The van der Waals surface area contributed by atoms with E-state index in [2.05, 4.69) is 0 Å². The minimum absolute atomic E-state index is 0.244. The summed E-state index contributed by atoms with van der Waals surface area (Å²) in [5.74, 6) is 0.857. The Morgan fingerprint density at radius 3 is 2.54 bits per heavy atom. The number of benzene rings is 2. The molecule has 1 saturated heterocycles. The molecule has 0 spiro atoms. The molecule has 1 heterocycles. The van der Waals surface area contributed by atoms with Crippen LogP contribution in [0.25, 0.3) is 6.08 Å². The van der Waals surface area contributed by atoms with Gasteiger partial charge in [-0.25, -0.2) is 0 Å². The maximum absolute atomic E-state index is 12.4. The van der Waals surface area contributed by atoms with Crippen molar-refractivity contribution in [2.75, 3.05) is 27.4 Å². The van der Waals surface area contributed by atoms with E-state index in [-0.39, 0.29) is 17.7 Å². The molecule has 28 heavy (non-hydrogen) atoms. The minimum atomic E-state index is -0.310. The molecule has 0 N–H and O–H groups in total. The van der Waals surface area contributed by atoms with Gasteiger partial charge in [0, 0.05) is 7.11 Å². The molecule has 0 saturated carbocycles. The van der Waals surface area contributed by atoms with Crippen LogP contribution in [-0.2, 0) is 16.1 Å². The van der Waals surface area contributed by atoms with Crippen molar-refractivity contribution >= 4 is 29.0 Å². The average molecular weight is 399 g/mol. The number of hydrogen-bond donors (Lipinski definition) is 0. The van der Waals surface area contributed by atoms with E-state index < -0.39 is 0 Å². The molecule has 0 unspecified atom stereocenters. The fourth-order valence-corrected chi connectivity index (χ4v) is 3.52. The summed E-state index contributed by atoms with van der Waals surface area (Å²) in [7, 11) is 3.09. The van der Waals surface area contributed by atoms with Crippen LogP contribution in [0, 0.1) is 0 Å². The Bertz CT molecular complexity index is 882. The lowest BCUT2D eigenvalue weighted by Crippen LogP contribution is -2.31. The van der Waals surface area contributed by atoms with Gasteiger partial charge in [-0.3, -0.25) is 14.5 Å². The van der Waals surface area contributed by atoms with Crippen LogP contribution in [0.3, 0.4) is 0 Å². The second-order valence-corrected chi connectivity index (χ2v) is 7.00. The number of methoxy groups -OCH3 is 2. The number of nitrogens with zero attached hydrogens (tertiary/aromatic N) is 1. The van der Waals surface area contributed by atoms with Crippen LogP contribution in [-0.4, -0.2) is 43.4 Å². The molecular formula is C21H21NO5S. The lowest BCUT2D eigenvalue weighted by Gasteiger charge is -2.12. The van der Waals surface area contributed by atoms with E-state index in [0.29, 0.717) is 29.6 Å². The number of imide groups is 1. The van der Waals surface area contributed by atoms with E-state index in [4.69, 9.17) is 14.2 Å². The molecule has 6 nitrogen and oxygen atoms in total. The van der Waals surface area contributed by atoms with Crippen LogP contribution in [0.2, 0.25) is 0 Å². The Kier molecular flexibility index (Phi) is 6.73. The second-order valence-electron chi connectivity index (χ2n) is 6.01. The van der Waals surface area contributed by atoms with Crippen molar-refractivity contribution in [1.29, 1.82) is 0 Å². The predicted molar refractivity (Wildman–Crippen MR) is 108 cm³/mol. The normalized spacial score (nSPS) is 15.4. The van der Waals surface area contributed by atoms with Crippen LogP contribution in [0.5, 0.6) is 11.5 Å². The molecule has 0 bridgehead atoms. The summed E-state index contributed by atoms with van der Waals surface area (Å²) in [6.07, 6.45) is 1.68. The Balaban J connectivity index is 1.74. The van der Waals surface area contributed by atoms with Gasteiger partial charge in [0.1, 0.15) is 6.61 Å². The zero-order valence-corrected chi connectivity index (χ0v) is 16.5. The summed E-state index contributed by atoms with van der Waals surface area (Å²) < 4.78 is 16.2. The van der Waals surface area contributed by atoms with Crippen molar-refractivity contribution < 1.29 is 23.8 Å². The molecule has 0 radical (unpaired) electrons. The molecule has 2 aromatic rings. The highest BCUT2D eigenvalue weighted by Gasteiger charge is 2.34. The van der Waals surface area contributed by atoms with Crippen molar-refractivity contribution in [3.63, 3.8) is 0 Å². The van der Waals surface area contributed by atoms with Crippen LogP contribution in [0.4, 0.5) is 4.79 Å². The van der Waals surface area contributed by atoms with Gasteiger partial charge in [0.25, 0.3) is 11.1 Å². The van der Waals surface area contributed by atoms with Crippen LogP contribution in [0.15, 0.2) is 53.4 Å². The van der Waals surface area contributed by atoms with Crippen molar-refractivity contribution in [2.45, 2.75) is 6.61 Å². The number of ether oxygens (including phenoxy) is 3. The maximum atomic E-state index is 12.4. The van der Waals surface area contributed by atoms with Gasteiger partial charge < -0.3 is 14.2 Å². The Labute approximate surface area is 168 Å². The quantitative estimate of drug-likeness (QED) is 0.626. The molecule has 146 valence electrons. The molecule has 1 fully saturated rings. The van der Waals surface area contributed by atoms with Crippen LogP contribution < -0.4 is 9.47 Å². The molecule has 2 aromatic carbocycles. The zero-order valence-electron chi connectivity index (χ0n) is 15.7. The minimum Gasteiger partial charge on any atom is -0.493 e. The first kappa shape index (κ1) is 20.0. The first-order valence-electron chi connectivity index (χ1n) is 8.71. The summed E-state index contributed by atoms with van der Waals surface area (Å²) in [5, 5.41) is -0.289. The third-order valence-corrected chi connectivity index (χ3v) is 5.02. The standard InChI is InChI=1S/C21H21NO5S/c1-25-11-10-22-20(23)19(28-21(22)24)13-16-8-9-17(18(12-16)26-2)27-14-15-6-4-3-5-7-15/h3-9,12-13H,10-11,14H2,1-2H3/b19-13+. The first-order valence-corrected chi connectivity index (χ1v) is 9.53. The molecule has 1 aliphatic heterocycles. The fourth-order valence-electron chi connectivity index (χ4n) is 2.66. The number of thioether (sulfide) groups is 1. The molecule has 7 heteroatoms. The van der Waals surface area contributed by atoms with Gasteiger partial charge in [-0.1, -0.05) is 36.4 Å². The maximum Gasteiger partial charge on any atom is 0.293 e. The molecule has 0 aromatic heterocycles. The van der Waals surface area contributed by atoms with Crippen molar-refractivity contribution in [3.05, 3.63) is 64.6 Å². The highest BCUT2D eigenvalue weighted by molar-refractivity contribution is 8.18. The van der Waals surface area contributed by atoms with Gasteiger partial charge >= 0.3 is 0 Å². The number of carbonyl (C=O) groups excluding carboxylic acids is 2. The van der Waals surface area contributed by atoms with Crippen LogP contribution >= 0.6 is 11.8 Å². The monoisotopic (exact) mass is 399 g/mol. The van der Waals surface area contributed by atoms with E-state index >= 15 is 0 Å². The highest BCUT2D eigenvalue weighted by atomic mass is 32.2. The van der Waals surface area contributed by atoms with Gasteiger partial charge in [-0.15, -0.1) is 0 Å². The van der Waals surface area contributed by atoms with E-state index in [1.807, 2.05) is 36.4 Å². The van der Waals surface area contributed by atoms with Gasteiger partial charge in [0.2, 0.25) is 0 Å². The Morgan fingerprint density at radius 1 is 1.04 bits per heavy atom. The molecular weight excluding hydrogens is 378 g/mol. The fraction of sp³-hybridized carbons (Fsp3) is 0.238. The summed E-state index contributed by atoms with van der Waals surface area (Å²) in [6, 6.07) is 15.2. The van der Waals surface area contributed by atoms with E-state index in [1.54, 1.807) is 25.3 Å². The molecule has 1 aliphatic rings. The summed E-state index contributed by atoms with van der Waals surface area (Å²) in [5.41, 5.74) is 1.81. The number of rotatable bonds is 8. The van der Waals surface area contributed by atoms with E-state index in [9.17, 15) is 9.59 Å². The number of amides is 2. The second kappa shape index (κ2) is 9.43. The summed E-state index contributed by atoms with van der Waals surface area (Å²) in [4.78, 5) is 26.0. The highest BCUT2D eigenvalue weighted by Crippen LogP contribution is 2.34. The van der Waals surface area contributed by atoms with E-state index in [0.717, 1.165) is 22.9 Å².